The van der Waals surface area contributed by atoms with Gasteiger partial charge in [0.25, 0.3) is 0 Å². The van der Waals surface area contributed by atoms with Crippen LogP contribution in [0.4, 0.5) is 0 Å². The third-order valence-corrected chi connectivity index (χ3v) is 1.03. The van der Waals surface area contributed by atoms with E-state index in [4.69, 9.17) is 10.5 Å². The summed E-state index contributed by atoms with van der Waals surface area (Å²) >= 11 is 0. The van der Waals surface area contributed by atoms with Crippen molar-refractivity contribution < 1.29 is 4.74 Å². The largest absolute Gasteiger partial charge is 0.375 e. The molecule has 0 heterocycles. The minimum Gasteiger partial charge on any atom is -0.375 e. The SMILES string of the molecule is CCOC(C)(C)CN.Cl. The summed E-state index contributed by atoms with van der Waals surface area (Å²) in [5, 5.41) is 0. The highest BCUT2D eigenvalue weighted by Gasteiger charge is 2.13. The smallest absolute Gasteiger partial charge is 0.0748 e. The van der Waals surface area contributed by atoms with Crippen LogP contribution in [0, 0.1) is 0 Å². The van der Waals surface area contributed by atoms with Crippen LogP contribution in [0.25, 0.3) is 0 Å². The van der Waals surface area contributed by atoms with Crippen LogP contribution in [0.1, 0.15) is 20.8 Å². The Bertz CT molecular complexity index is 66.1. The summed E-state index contributed by atoms with van der Waals surface area (Å²) in [4.78, 5) is 0. The average molecular weight is 154 g/mol. The molecule has 0 spiro atoms. The molecule has 0 aromatic heterocycles. The first-order valence-corrected chi connectivity index (χ1v) is 2.96. The van der Waals surface area contributed by atoms with E-state index >= 15 is 0 Å². The highest BCUT2D eigenvalue weighted by molar-refractivity contribution is 5.85. The summed E-state index contributed by atoms with van der Waals surface area (Å²) in [6, 6.07) is 0. The molecule has 2 nitrogen and oxygen atoms in total. The maximum absolute atomic E-state index is 5.37. The quantitative estimate of drug-likeness (QED) is 0.661. The molecule has 0 aliphatic rings. The molecule has 0 radical (unpaired) electrons. The molecule has 0 atom stereocenters. The standard InChI is InChI=1S/C6H15NO.ClH/c1-4-8-6(2,3)5-7;/h4-5,7H2,1-3H3;1H. The van der Waals surface area contributed by atoms with Gasteiger partial charge >= 0.3 is 0 Å². The number of hydrogen-bond acceptors (Lipinski definition) is 2. The maximum atomic E-state index is 5.37. The predicted octanol–water partition coefficient (Wildman–Crippen LogP) is 1.18. The summed E-state index contributed by atoms with van der Waals surface area (Å²) in [6.45, 7) is 7.26. The second-order valence-electron chi connectivity index (χ2n) is 2.40. The molecule has 9 heavy (non-hydrogen) atoms. The van der Waals surface area contributed by atoms with Gasteiger partial charge in [-0.25, -0.2) is 0 Å². The van der Waals surface area contributed by atoms with Gasteiger partial charge < -0.3 is 10.5 Å². The zero-order valence-corrected chi connectivity index (χ0v) is 7.12. The van der Waals surface area contributed by atoms with Crippen LogP contribution >= 0.6 is 12.4 Å². The van der Waals surface area contributed by atoms with Crippen molar-refractivity contribution in [3.8, 4) is 0 Å². The summed E-state index contributed by atoms with van der Waals surface area (Å²) in [5.41, 5.74) is 5.24. The zero-order valence-electron chi connectivity index (χ0n) is 6.31. The van der Waals surface area contributed by atoms with E-state index in [-0.39, 0.29) is 18.0 Å². The van der Waals surface area contributed by atoms with Gasteiger partial charge in [-0.05, 0) is 20.8 Å². The number of nitrogens with two attached hydrogens (primary N) is 1. The fourth-order valence-electron chi connectivity index (χ4n) is 0.450. The summed E-state index contributed by atoms with van der Waals surface area (Å²) in [6.07, 6.45) is 0. The van der Waals surface area contributed by atoms with E-state index in [1.807, 2.05) is 20.8 Å². The molecule has 0 amide bonds. The number of hydrogen-bond donors (Lipinski definition) is 1. The van der Waals surface area contributed by atoms with Crippen molar-refractivity contribution in [2.75, 3.05) is 13.2 Å². The topological polar surface area (TPSA) is 35.2 Å². The first-order chi connectivity index (χ1) is 3.62. The second kappa shape index (κ2) is 5.03. The van der Waals surface area contributed by atoms with Crippen LogP contribution in [-0.4, -0.2) is 18.8 Å². The first-order valence-electron chi connectivity index (χ1n) is 2.96. The van der Waals surface area contributed by atoms with Crippen LogP contribution in [0.3, 0.4) is 0 Å². The van der Waals surface area contributed by atoms with E-state index in [9.17, 15) is 0 Å². The molecule has 0 aliphatic carbocycles. The van der Waals surface area contributed by atoms with Gasteiger partial charge in [-0.15, -0.1) is 12.4 Å². The van der Waals surface area contributed by atoms with Gasteiger partial charge in [0.15, 0.2) is 0 Å². The molecule has 0 bridgehead atoms. The molecule has 0 unspecified atom stereocenters. The van der Waals surface area contributed by atoms with Crippen LogP contribution in [0.15, 0.2) is 0 Å². The van der Waals surface area contributed by atoms with Crippen LogP contribution in [-0.2, 0) is 4.74 Å². The Morgan fingerprint density at radius 1 is 1.44 bits per heavy atom. The van der Waals surface area contributed by atoms with Crippen molar-refractivity contribution in [3.63, 3.8) is 0 Å². The number of ether oxygens (including phenoxy) is 1. The van der Waals surface area contributed by atoms with E-state index < -0.39 is 0 Å². The van der Waals surface area contributed by atoms with E-state index in [1.54, 1.807) is 0 Å². The summed E-state index contributed by atoms with van der Waals surface area (Å²) in [7, 11) is 0. The van der Waals surface area contributed by atoms with E-state index in [0.29, 0.717) is 6.54 Å². The second-order valence-corrected chi connectivity index (χ2v) is 2.40. The summed E-state index contributed by atoms with van der Waals surface area (Å²) < 4.78 is 5.25. The average Bonchev–Trinajstić information content (AvgIpc) is 1.67. The minimum atomic E-state index is -0.130. The van der Waals surface area contributed by atoms with E-state index in [2.05, 4.69) is 0 Å². The highest BCUT2D eigenvalue weighted by atomic mass is 35.5. The molecule has 0 aromatic rings. The Morgan fingerprint density at radius 2 is 1.89 bits per heavy atom. The lowest BCUT2D eigenvalue weighted by atomic mass is 10.1. The Hall–Kier alpha value is 0.210. The molecule has 0 saturated heterocycles. The third kappa shape index (κ3) is 6.09. The van der Waals surface area contributed by atoms with Gasteiger partial charge in [0.05, 0.1) is 5.60 Å². The number of halogens is 1. The monoisotopic (exact) mass is 153 g/mol. The molecule has 0 rings (SSSR count). The van der Waals surface area contributed by atoms with Crippen LogP contribution in [0.2, 0.25) is 0 Å². The fourth-order valence-corrected chi connectivity index (χ4v) is 0.450. The van der Waals surface area contributed by atoms with Gasteiger partial charge in [-0.1, -0.05) is 0 Å². The maximum Gasteiger partial charge on any atom is 0.0748 e. The summed E-state index contributed by atoms with van der Waals surface area (Å²) in [5.74, 6) is 0. The Morgan fingerprint density at radius 3 is 2.00 bits per heavy atom. The van der Waals surface area contributed by atoms with Crippen molar-refractivity contribution in [2.45, 2.75) is 26.4 Å². The first kappa shape index (κ1) is 11.9. The van der Waals surface area contributed by atoms with Crippen molar-refractivity contribution in [1.82, 2.24) is 0 Å². The van der Waals surface area contributed by atoms with Crippen molar-refractivity contribution >= 4 is 12.4 Å². The van der Waals surface area contributed by atoms with Crippen LogP contribution < -0.4 is 5.73 Å². The molecule has 0 aliphatic heterocycles. The van der Waals surface area contributed by atoms with Gasteiger partial charge in [0, 0.05) is 13.2 Å². The fraction of sp³-hybridized carbons (Fsp3) is 1.00. The van der Waals surface area contributed by atoms with E-state index in [0.717, 1.165) is 6.61 Å². The molecule has 58 valence electrons. The Kier molecular flexibility index (Phi) is 6.68. The molecular formula is C6H16ClNO. The molecular weight excluding hydrogens is 138 g/mol. The normalized spacial score (nSPS) is 10.7. The number of rotatable bonds is 3. The zero-order chi connectivity index (χ0) is 6.62. The Labute approximate surface area is 63.2 Å². The molecule has 0 fully saturated rings. The lowest BCUT2D eigenvalue weighted by Crippen LogP contribution is -2.33. The Balaban J connectivity index is 0. The molecule has 2 N–H and O–H groups in total. The van der Waals surface area contributed by atoms with Crippen molar-refractivity contribution in [1.29, 1.82) is 0 Å². The third-order valence-electron chi connectivity index (χ3n) is 1.03. The van der Waals surface area contributed by atoms with Gasteiger partial charge in [-0.3, -0.25) is 0 Å². The molecule has 0 saturated carbocycles. The lowest BCUT2D eigenvalue weighted by molar-refractivity contribution is -0.00250. The minimum absolute atomic E-state index is 0. The van der Waals surface area contributed by atoms with Gasteiger partial charge in [-0.2, -0.15) is 0 Å². The van der Waals surface area contributed by atoms with Crippen molar-refractivity contribution in [2.24, 2.45) is 5.73 Å². The highest BCUT2D eigenvalue weighted by Crippen LogP contribution is 2.04. The van der Waals surface area contributed by atoms with Crippen molar-refractivity contribution in [3.05, 3.63) is 0 Å². The van der Waals surface area contributed by atoms with E-state index in [1.165, 1.54) is 0 Å². The molecule has 3 heteroatoms. The van der Waals surface area contributed by atoms with Crippen LogP contribution in [0.5, 0.6) is 0 Å². The van der Waals surface area contributed by atoms with Gasteiger partial charge in [0.2, 0.25) is 0 Å². The lowest BCUT2D eigenvalue weighted by Gasteiger charge is -2.21. The van der Waals surface area contributed by atoms with Gasteiger partial charge in [0.1, 0.15) is 0 Å². The predicted molar refractivity (Wildman–Crippen MR) is 42.0 cm³/mol. The molecule has 0 aromatic carbocycles.